The van der Waals surface area contributed by atoms with Crippen LogP contribution in [-0.2, 0) is 6.54 Å². The molecule has 3 heteroatoms. The number of aryl methyl sites for hydroxylation is 1. The van der Waals surface area contributed by atoms with Gasteiger partial charge in [-0.25, -0.2) is 0 Å². The van der Waals surface area contributed by atoms with Crippen LogP contribution >= 0.6 is 0 Å². The Kier molecular flexibility index (Phi) is 5.83. The second-order valence-corrected chi connectivity index (χ2v) is 5.53. The van der Waals surface area contributed by atoms with Crippen LogP contribution in [0.25, 0.3) is 0 Å². The quantitative estimate of drug-likeness (QED) is 0.764. The first-order valence-corrected chi connectivity index (χ1v) is 7.47. The van der Waals surface area contributed by atoms with Crippen LogP contribution in [0, 0.1) is 6.92 Å². The molecule has 2 rings (SSSR count). The molecule has 1 aromatic carbocycles. The summed E-state index contributed by atoms with van der Waals surface area (Å²) < 4.78 is 0. The molecule has 1 atom stereocenters. The van der Waals surface area contributed by atoms with Crippen LogP contribution in [0.15, 0.2) is 24.3 Å². The lowest BCUT2D eigenvalue weighted by molar-refractivity contribution is 0.176. The summed E-state index contributed by atoms with van der Waals surface area (Å²) in [5, 5.41) is 6.98. The number of piperazine rings is 1. The molecule has 2 N–H and O–H groups in total. The van der Waals surface area contributed by atoms with Crippen LogP contribution in [0.4, 0.5) is 0 Å². The van der Waals surface area contributed by atoms with Crippen molar-refractivity contribution >= 4 is 0 Å². The number of hydrogen-bond acceptors (Lipinski definition) is 3. The van der Waals surface area contributed by atoms with Crippen molar-refractivity contribution in [2.24, 2.45) is 0 Å². The van der Waals surface area contributed by atoms with Crippen LogP contribution in [0.2, 0.25) is 0 Å². The van der Waals surface area contributed by atoms with Gasteiger partial charge in [0.25, 0.3) is 0 Å². The second-order valence-electron chi connectivity index (χ2n) is 5.53. The molecule has 0 radical (unpaired) electrons. The van der Waals surface area contributed by atoms with E-state index in [1.54, 1.807) is 0 Å². The molecule has 0 aromatic heterocycles. The smallest absolute Gasteiger partial charge is 0.0208 e. The highest BCUT2D eigenvalue weighted by Gasteiger charge is 2.15. The number of nitrogens with one attached hydrogen (secondary N) is 2. The first-order chi connectivity index (χ1) is 9.27. The van der Waals surface area contributed by atoms with Crippen molar-refractivity contribution in [1.29, 1.82) is 0 Å². The van der Waals surface area contributed by atoms with Gasteiger partial charge in [-0.2, -0.15) is 0 Å². The third kappa shape index (κ3) is 4.60. The van der Waals surface area contributed by atoms with Gasteiger partial charge in [0.2, 0.25) is 0 Å². The summed E-state index contributed by atoms with van der Waals surface area (Å²) in [7, 11) is 0. The molecule has 19 heavy (non-hydrogen) atoms. The maximum atomic E-state index is 3.57. The molecule has 1 aliphatic heterocycles. The van der Waals surface area contributed by atoms with E-state index in [4.69, 9.17) is 0 Å². The Morgan fingerprint density at radius 3 is 2.74 bits per heavy atom. The Morgan fingerprint density at radius 2 is 2.00 bits per heavy atom. The van der Waals surface area contributed by atoms with E-state index in [2.05, 4.69) is 53.6 Å². The third-order valence-corrected chi connectivity index (χ3v) is 4.09. The molecule has 1 aliphatic rings. The van der Waals surface area contributed by atoms with Gasteiger partial charge in [0.1, 0.15) is 0 Å². The molecule has 0 amide bonds. The maximum Gasteiger partial charge on any atom is 0.0208 e. The van der Waals surface area contributed by atoms with Crippen LogP contribution in [0.1, 0.15) is 24.5 Å². The van der Waals surface area contributed by atoms with Gasteiger partial charge >= 0.3 is 0 Å². The number of benzene rings is 1. The minimum atomic E-state index is 0.687. The lowest BCUT2D eigenvalue weighted by atomic mass is 10.1. The standard InChI is InChI=1S/C16H27N3/c1-14-5-3-4-6-16(14)13-18-8-7-15(2)19-11-9-17-10-12-19/h3-6,15,17-18H,7-13H2,1-2H3. The maximum absolute atomic E-state index is 3.57. The largest absolute Gasteiger partial charge is 0.314 e. The van der Waals surface area contributed by atoms with Gasteiger partial charge in [-0.3, -0.25) is 4.90 Å². The molecule has 3 nitrogen and oxygen atoms in total. The van der Waals surface area contributed by atoms with Crippen LogP contribution in [0.5, 0.6) is 0 Å². The van der Waals surface area contributed by atoms with Crippen molar-refractivity contribution in [3.05, 3.63) is 35.4 Å². The van der Waals surface area contributed by atoms with E-state index < -0.39 is 0 Å². The zero-order chi connectivity index (χ0) is 13.5. The molecule has 0 spiro atoms. The average molecular weight is 261 g/mol. The van der Waals surface area contributed by atoms with Crippen molar-refractivity contribution < 1.29 is 0 Å². The fourth-order valence-corrected chi connectivity index (χ4v) is 2.65. The SMILES string of the molecule is Cc1ccccc1CNCCC(C)N1CCNCC1. The van der Waals surface area contributed by atoms with Gasteiger partial charge in [0, 0.05) is 38.8 Å². The van der Waals surface area contributed by atoms with E-state index in [1.807, 2.05) is 0 Å². The van der Waals surface area contributed by atoms with Crippen LogP contribution in [-0.4, -0.2) is 43.7 Å². The van der Waals surface area contributed by atoms with Crippen LogP contribution in [0.3, 0.4) is 0 Å². The van der Waals surface area contributed by atoms with E-state index in [9.17, 15) is 0 Å². The Balaban J connectivity index is 1.65. The molecule has 0 saturated carbocycles. The fraction of sp³-hybridized carbons (Fsp3) is 0.625. The topological polar surface area (TPSA) is 27.3 Å². The van der Waals surface area contributed by atoms with Crippen molar-refractivity contribution in [1.82, 2.24) is 15.5 Å². The number of hydrogen-bond donors (Lipinski definition) is 2. The molecule has 1 saturated heterocycles. The molecular weight excluding hydrogens is 234 g/mol. The minimum Gasteiger partial charge on any atom is -0.314 e. The van der Waals surface area contributed by atoms with E-state index in [0.29, 0.717) is 6.04 Å². The molecule has 0 bridgehead atoms. The second kappa shape index (κ2) is 7.63. The summed E-state index contributed by atoms with van der Waals surface area (Å²) in [6.07, 6.45) is 1.23. The summed E-state index contributed by atoms with van der Waals surface area (Å²) in [5.74, 6) is 0. The first kappa shape index (κ1) is 14.5. The molecule has 1 heterocycles. The predicted octanol–water partition coefficient (Wildman–Crippen LogP) is 1.77. The van der Waals surface area contributed by atoms with Crippen LogP contribution < -0.4 is 10.6 Å². The average Bonchev–Trinajstić information content (AvgIpc) is 2.46. The summed E-state index contributed by atoms with van der Waals surface area (Å²) in [6, 6.07) is 9.30. The molecule has 0 aliphatic carbocycles. The summed E-state index contributed by atoms with van der Waals surface area (Å²) in [5.41, 5.74) is 2.79. The van der Waals surface area contributed by atoms with Crippen molar-refractivity contribution in [3.63, 3.8) is 0 Å². The summed E-state index contributed by atoms with van der Waals surface area (Å²) in [4.78, 5) is 2.59. The Bertz CT molecular complexity index is 372. The van der Waals surface area contributed by atoms with Crippen molar-refractivity contribution in [2.75, 3.05) is 32.7 Å². The van der Waals surface area contributed by atoms with Gasteiger partial charge in [0.05, 0.1) is 0 Å². The highest BCUT2D eigenvalue weighted by Crippen LogP contribution is 2.07. The van der Waals surface area contributed by atoms with E-state index in [-0.39, 0.29) is 0 Å². The molecule has 1 unspecified atom stereocenters. The van der Waals surface area contributed by atoms with E-state index in [0.717, 1.165) is 26.2 Å². The van der Waals surface area contributed by atoms with E-state index in [1.165, 1.54) is 30.6 Å². The van der Waals surface area contributed by atoms with Gasteiger partial charge in [-0.15, -0.1) is 0 Å². The highest BCUT2D eigenvalue weighted by atomic mass is 15.2. The van der Waals surface area contributed by atoms with Gasteiger partial charge < -0.3 is 10.6 Å². The van der Waals surface area contributed by atoms with Gasteiger partial charge in [-0.05, 0) is 37.9 Å². The van der Waals surface area contributed by atoms with Gasteiger partial charge in [-0.1, -0.05) is 24.3 Å². The molecule has 1 aromatic rings. The summed E-state index contributed by atoms with van der Waals surface area (Å²) in [6.45, 7) is 11.3. The Labute approximate surface area is 117 Å². The molecule has 1 fully saturated rings. The normalized spacial score (nSPS) is 18.4. The Hall–Kier alpha value is -0.900. The highest BCUT2D eigenvalue weighted by molar-refractivity contribution is 5.25. The zero-order valence-corrected chi connectivity index (χ0v) is 12.3. The monoisotopic (exact) mass is 261 g/mol. The van der Waals surface area contributed by atoms with E-state index >= 15 is 0 Å². The first-order valence-electron chi connectivity index (χ1n) is 7.47. The lowest BCUT2D eigenvalue weighted by Gasteiger charge is -2.32. The Morgan fingerprint density at radius 1 is 1.26 bits per heavy atom. The van der Waals surface area contributed by atoms with Crippen molar-refractivity contribution in [2.45, 2.75) is 32.9 Å². The minimum absolute atomic E-state index is 0.687. The third-order valence-electron chi connectivity index (χ3n) is 4.09. The summed E-state index contributed by atoms with van der Waals surface area (Å²) >= 11 is 0. The van der Waals surface area contributed by atoms with Gasteiger partial charge in [0.15, 0.2) is 0 Å². The number of rotatable bonds is 6. The number of nitrogens with zero attached hydrogens (tertiary/aromatic N) is 1. The molecular formula is C16H27N3. The predicted molar refractivity (Wildman–Crippen MR) is 81.4 cm³/mol. The van der Waals surface area contributed by atoms with Crippen molar-refractivity contribution in [3.8, 4) is 0 Å². The lowest BCUT2D eigenvalue weighted by Crippen LogP contribution is -2.48. The fourth-order valence-electron chi connectivity index (χ4n) is 2.65. The zero-order valence-electron chi connectivity index (χ0n) is 12.3. The molecule has 106 valence electrons.